The number of aliphatic hydroxyl groups is 2. The van der Waals surface area contributed by atoms with E-state index in [0.29, 0.717) is 18.6 Å². The van der Waals surface area contributed by atoms with E-state index in [9.17, 15) is 0 Å². The number of hydrogen-bond acceptors (Lipinski definition) is 5. The molecule has 0 saturated heterocycles. The Morgan fingerprint density at radius 2 is 2.13 bits per heavy atom. The van der Waals surface area contributed by atoms with Crippen LogP contribution < -0.4 is 10.4 Å². The second kappa shape index (κ2) is 9.57. The molecular formula is C15H21N6O2+. The predicted molar refractivity (Wildman–Crippen MR) is 85.4 cm³/mol. The van der Waals surface area contributed by atoms with E-state index in [2.05, 4.69) is 20.4 Å². The maximum absolute atomic E-state index is 9.03. The molecule has 0 spiro atoms. The van der Waals surface area contributed by atoms with Crippen molar-refractivity contribution in [3.63, 3.8) is 0 Å². The summed E-state index contributed by atoms with van der Waals surface area (Å²) in [5.41, 5.74) is 0.626. The molecule has 0 bridgehead atoms. The van der Waals surface area contributed by atoms with Gasteiger partial charge in [-0.15, -0.1) is 20.4 Å². The van der Waals surface area contributed by atoms with Crippen LogP contribution in [0.5, 0.6) is 0 Å². The van der Waals surface area contributed by atoms with Crippen molar-refractivity contribution in [2.75, 3.05) is 19.8 Å². The largest absolute Gasteiger partial charge is 0.395 e. The molecule has 1 aromatic rings. The highest BCUT2D eigenvalue weighted by atomic mass is 16.3. The van der Waals surface area contributed by atoms with E-state index in [1.54, 1.807) is 10.6 Å². The Labute approximate surface area is 134 Å². The summed E-state index contributed by atoms with van der Waals surface area (Å²) in [6.07, 6.45) is 10.6. The number of nitrogens with one attached hydrogen (secondary N) is 1. The molecule has 8 heteroatoms. The first-order valence-electron chi connectivity index (χ1n) is 7.38. The highest BCUT2D eigenvalue weighted by Gasteiger charge is 2.17. The standard InChI is InChI=1S/C15H20N6O2/c22-11-9-20-7-3-1-5-14(20)18-16-13-17-19-15-6-2-4-8-21(15)10-12-23/h1-8,13-14,22-23H,9-12H2/p+1/b17-13+,18-16?,19-15+. The Bertz CT molecular complexity index is 662. The molecule has 1 aliphatic rings. The van der Waals surface area contributed by atoms with Gasteiger partial charge in [-0.05, 0) is 24.3 Å². The zero-order valence-electron chi connectivity index (χ0n) is 12.7. The Balaban J connectivity index is 2.00. The summed E-state index contributed by atoms with van der Waals surface area (Å²) in [5.74, 6) is 0. The Hall–Kier alpha value is -2.42. The van der Waals surface area contributed by atoms with Crippen molar-refractivity contribution < 1.29 is 15.1 Å². The number of hydrogen-bond donors (Lipinski definition) is 3. The van der Waals surface area contributed by atoms with Crippen LogP contribution in [0.2, 0.25) is 0 Å². The fraction of sp³-hybridized carbons (Fsp3) is 0.333. The zero-order valence-corrected chi connectivity index (χ0v) is 12.7. The highest BCUT2D eigenvalue weighted by Crippen LogP contribution is 1.91. The van der Waals surface area contributed by atoms with Crippen molar-refractivity contribution in [3.8, 4) is 0 Å². The fourth-order valence-corrected chi connectivity index (χ4v) is 2.11. The molecule has 0 saturated carbocycles. The fourth-order valence-electron chi connectivity index (χ4n) is 2.11. The molecule has 0 radical (unpaired) electrons. The summed E-state index contributed by atoms with van der Waals surface area (Å²) in [5, 5.41) is 34.0. The third-order valence-corrected chi connectivity index (χ3v) is 3.21. The van der Waals surface area contributed by atoms with E-state index in [1.807, 2.05) is 42.8 Å². The Morgan fingerprint density at radius 3 is 2.96 bits per heavy atom. The summed E-state index contributed by atoms with van der Waals surface area (Å²) in [4.78, 5) is 1.01. The van der Waals surface area contributed by atoms with Gasteiger partial charge < -0.3 is 14.8 Å². The van der Waals surface area contributed by atoms with Gasteiger partial charge in [-0.3, -0.25) is 4.90 Å². The predicted octanol–water partition coefficient (Wildman–Crippen LogP) is -0.937. The minimum atomic E-state index is -0.172. The van der Waals surface area contributed by atoms with E-state index in [0.717, 1.165) is 4.90 Å². The lowest BCUT2D eigenvalue weighted by Gasteiger charge is -2.19. The van der Waals surface area contributed by atoms with Crippen LogP contribution >= 0.6 is 0 Å². The zero-order chi connectivity index (χ0) is 16.3. The van der Waals surface area contributed by atoms with Crippen LogP contribution in [0.1, 0.15) is 0 Å². The Kier molecular flexibility index (Phi) is 7.05. The average molecular weight is 317 g/mol. The van der Waals surface area contributed by atoms with Crippen molar-refractivity contribution in [2.45, 2.75) is 12.7 Å². The molecule has 1 aliphatic heterocycles. The lowest BCUT2D eigenvalue weighted by Crippen LogP contribution is -3.11. The van der Waals surface area contributed by atoms with E-state index in [1.165, 1.54) is 6.34 Å². The number of nitrogens with zero attached hydrogens (tertiary/aromatic N) is 5. The molecule has 0 fully saturated rings. The number of aromatic nitrogens is 1. The molecule has 2 unspecified atom stereocenters. The van der Waals surface area contributed by atoms with Gasteiger partial charge in [-0.1, -0.05) is 12.1 Å². The van der Waals surface area contributed by atoms with Gasteiger partial charge in [0, 0.05) is 12.7 Å². The lowest BCUT2D eigenvalue weighted by molar-refractivity contribution is -0.867. The van der Waals surface area contributed by atoms with Gasteiger partial charge in [0.25, 0.3) is 0 Å². The SMILES string of the molecule is OCCn1cccc/c1=N\N=C\N=NC1C=CC=C[NH+]1CCO. The first-order chi connectivity index (χ1) is 11.3. The van der Waals surface area contributed by atoms with E-state index in [4.69, 9.17) is 10.2 Å². The van der Waals surface area contributed by atoms with Crippen LogP contribution in [-0.2, 0) is 6.54 Å². The van der Waals surface area contributed by atoms with Crippen molar-refractivity contribution >= 4 is 6.34 Å². The lowest BCUT2D eigenvalue weighted by atomic mass is 10.3. The monoisotopic (exact) mass is 317 g/mol. The van der Waals surface area contributed by atoms with Gasteiger partial charge in [0.05, 0.1) is 19.4 Å². The molecule has 0 aliphatic carbocycles. The van der Waals surface area contributed by atoms with Gasteiger partial charge in [0.1, 0.15) is 6.54 Å². The number of pyridine rings is 1. The van der Waals surface area contributed by atoms with Gasteiger partial charge in [0.15, 0.2) is 11.8 Å². The van der Waals surface area contributed by atoms with Crippen LogP contribution in [0.4, 0.5) is 0 Å². The summed E-state index contributed by atoms with van der Waals surface area (Å²) in [6, 6.07) is 5.50. The highest BCUT2D eigenvalue weighted by molar-refractivity contribution is 5.53. The van der Waals surface area contributed by atoms with Gasteiger partial charge in [0.2, 0.25) is 6.17 Å². The van der Waals surface area contributed by atoms with Crippen molar-refractivity contribution in [2.24, 2.45) is 20.4 Å². The molecule has 0 amide bonds. The van der Waals surface area contributed by atoms with Crippen LogP contribution in [-0.4, -0.2) is 47.0 Å². The van der Waals surface area contributed by atoms with Crippen molar-refractivity contribution in [1.82, 2.24) is 4.57 Å². The maximum atomic E-state index is 9.03. The summed E-state index contributed by atoms with van der Waals surface area (Å²) in [7, 11) is 0. The smallest absolute Gasteiger partial charge is 0.224 e. The normalized spacial score (nSPS) is 21.7. The van der Waals surface area contributed by atoms with E-state index in [-0.39, 0.29) is 19.4 Å². The third-order valence-electron chi connectivity index (χ3n) is 3.21. The maximum Gasteiger partial charge on any atom is 0.224 e. The molecule has 1 aromatic heterocycles. The molecule has 3 N–H and O–H groups in total. The van der Waals surface area contributed by atoms with Gasteiger partial charge in [-0.2, -0.15) is 0 Å². The van der Waals surface area contributed by atoms with Crippen molar-refractivity contribution in [3.05, 3.63) is 54.3 Å². The molecule has 2 atom stereocenters. The summed E-state index contributed by atoms with van der Waals surface area (Å²) >= 11 is 0. The molecule has 0 aromatic carbocycles. The number of aliphatic hydroxyl groups excluding tert-OH is 2. The minimum Gasteiger partial charge on any atom is -0.395 e. The molecule has 8 nitrogen and oxygen atoms in total. The quantitative estimate of drug-likeness (QED) is 0.262. The number of allylic oxidation sites excluding steroid dienone is 2. The van der Waals surface area contributed by atoms with Gasteiger partial charge in [-0.25, -0.2) is 0 Å². The number of azo groups is 1. The first-order valence-corrected chi connectivity index (χ1v) is 7.38. The third kappa shape index (κ3) is 5.37. The molecule has 2 heterocycles. The minimum absolute atomic E-state index is 0.0334. The number of rotatable bonds is 7. The molecule has 23 heavy (non-hydrogen) atoms. The summed E-state index contributed by atoms with van der Waals surface area (Å²) in [6.45, 7) is 1.14. The topological polar surface area (TPSA) is 99.3 Å². The first kappa shape index (κ1) is 16.9. The second-order valence-corrected chi connectivity index (χ2v) is 4.78. The van der Waals surface area contributed by atoms with E-state index >= 15 is 0 Å². The van der Waals surface area contributed by atoms with Gasteiger partial charge >= 0.3 is 0 Å². The molecule has 2 rings (SSSR count). The second-order valence-electron chi connectivity index (χ2n) is 4.78. The van der Waals surface area contributed by atoms with E-state index < -0.39 is 0 Å². The van der Waals surface area contributed by atoms with Crippen LogP contribution in [0.15, 0.2) is 69.3 Å². The number of quaternary nitrogens is 1. The van der Waals surface area contributed by atoms with Crippen LogP contribution in [0.25, 0.3) is 0 Å². The molecular weight excluding hydrogens is 296 g/mol. The van der Waals surface area contributed by atoms with Crippen LogP contribution in [0, 0.1) is 0 Å². The average Bonchev–Trinajstić information content (AvgIpc) is 2.58. The van der Waals surface area contributed by atoms with Crippen LogP contribution in [0.3, 0.4) is 0 Å². The van der Waals surface area contributed by atoms with Crippen molar-refractivity contribution in [1.29, 1.82) is 0 Å². The Morgan fingerprint density at radius 1 is 1.22 bits per heavy atom. The molecule has 122 valence electrons. The summed E-state index contributed by atoms with van der Waals surface area (Å²) < 4.78 is 1.79.